The van der Waals surface area contributed by atoms with Gasteiger partial charge in [0.15, 0.2) is 11.3 Å². The van der Waals surface area contributed by atoms with Crippen LogP contribution in [0, 0.1) is 22.7 Å². The number of nitrogens with zero attached hydrogens (tertiary/aromatic N) is 9. The molecule has 4 aliphatic rings. The molecule has 490 valence electrons. The van der Waals surface area contributed by atoms with Crippen molar-refractivity contribution >= 4 is 52.8 Å². The van der Waals surface area contributed by atoms with Gasteiger partial charge in [-0.15, -0.1) is 10.2 Å². The molecule has 2 amide bonds. The van der Waals surface area contributed by atoms with Crippen LogP contribution >= 0.6 is 0 Å². The highest BCUT2D eigenvalue weighted by molar-refractivity contribution is 6.39. The molecule has 3 aromatic heterocycles. The Balaban J connectivity index is 0.000000218. The first-order valence-electron chi connectivity index (χ1n) is 32.4. The Morgan fingerprint density at radius 1 is 0.648 bits per heavy atom. The first kappa shape index (κ1) is 70.0. The van der Waals surface area contributed by atoms with Gasteiger partial charge in [0.2, 0.25) is 11.8 Å². The molecule has 2 N–H and O–H groups in total. The lowest BCUT2D eigenvalue weighted by molar-refractivity contribution is -0.151. The molecule has 2 saturated heterocycles. The van der Waals surface area contributed by atoms with Crippen LogP contribution < -0.4 is 15.2 Å². The zero-order valence-corrected chi connectivity index (χ0v) is 55.5. The first-order valence-corrected chi connectivity index (χ1v) is 32.4. The van der Waals surface area contributed by atoms with Crippen LogP contribution in [0.2, 0.25) is 0 Å². The summed E-state index contributed by atoms with van der Waals surface area (Å²) in [5.41, 5.74) is 8.39. The van der Waals surface area contributed by atoms with Gasteiger partial charge in [0.25, 0.3) is 5.78 Å². The second kappa shape index (κ2) is 31.0. The van der Waals surface area contributed by atoms with E-state index in [1.807, 2.05) is 121 Å². The number of hydrogen-bond donors (Lipinski definition) is 1. The molecule has 5 aromatic rings. The summed E-state index contributed by atoms with van der Waals surface area (Å²) in [5, 5.41) is 30.4. The molecule has 91 heavy (non-hydrogen) atoms. The van der Waals surface area contributed by atoms with E-state index in [-0.39, 0.29) is 49.3 Å². The molecule has 0 bridgehead atoms. The maximum atomic E-state index is 13.0. The summed E-state index contributed by atoms with van der Waals surface area (Å²) in [4.78, 5) is 69.0. The van der Waals surface area contributed by atoms with Gasteiger partial charge in [-0.05, 0) is 169 Å². The van der Waals surface area contributed by atoms with Crippen LogP contribution in [0.4, 0.5) is 15.4 Å². The average Bonchev–Trinajstić information content (AvgIpc) is 1.67. The third kappa shape index (κ3) is 18.6. The number of nitrogen functional groups attached to an aromatic ring is 1. The number of piperidine rings is 2. The monoisotopic (exact) mass is 1250 g/mol. The maximum absolute atomic E-state index is 13.0. The van der Waals surface area contributed by atoms with Gasteiger partial charge in [0.1, 0.15) is 17.0 Å². The summed E-state index contributed by atoms with van der Waals surface area (Å²) in [7, 11) is 0. The molecule has 0 atom stereocenters. The Morgan fingerprint density at radius 3 is 1.57 bits per heavy atom. The normalized spacial score (nSPS) is 17.0. The zero-order chi connectivity index (χ0) is 66.3. The minimum absolute atomic E-state index is 0.107. The largest absolute Gasteiger partial charge is 0.474 e. The first-order chi connectivity index (χ1) is 43.2. The Morgan fingerprint density at radius 2 is 1.12 bits per heavy atom. The number of fused-ring (bicyclic) bond motifs is 1. The van der Waals surface area contributed by atoms with Crippen LogP contribution in [0.3, 0.4) is 0 Å². The second-order valence-electron chi connectivity index (χ2n) is 26.4. The number of rotatable bonds is 15. The molecule has 0 spiro atoms. The lowest BCUT2D eigenvalue weighted by Crippen LogP contribution is -2.46. The van der Waals surface area contributed by atoms with Gasteiger partial charge < -0.3 is 44.0 Å². The van der Waals surface area contributed by atoms with Crippen molar-refractivity contribution in [3.63, 3.8) is 0 Å². The van der Waals surface area contributed by atoms with Crippen LogP contribution in [0.15, 0.2) is 66.7 Å². The van der Waals surface area contributed by atoms with Crippen molar-refractivity contribution in [2.24, 2.45) is 0 Å². The van der Waals surface area contributed by atoms with Crippen molar-refractivity contribution in [2.45, 2.75) is 219 Å². The fourth-order valence-corrected chi connectivity index (χ4v) is 11.9. The number of amides is 2. The molecule has 5 heterocycles. The van der Waals surface area contributed by atoms with E-state index < -0.39 is 39.8 Å². The number of esters is 2. The molecule has 0 unspecified atom stereocenters. The van der Waals surface area contributed by atoms with Gasteiger partial charge in [-0.25, -0.2) is 33.5 Å². The third-order valence-corrected chi connectivity index (χ3v) is 16.5. The van der Waals surface area contributed by atoms with E-state index in [2.05, 4.69) is 22.0 Å². The number of benzene rings is 2. The van der Waals surface area contributed by atoms with Gasteiger partial charge in [0.05, 0.1) is 65.9 Å². The van der Waals surface area contributed by atoms with Crippen LogP contribution in [0.25, 0.3) is 28.2 Å². The molecule has 0 radical (unpaired) electrons. The highest BCUT2D eigenvalue weighted by Crippen LogP contribution is 2.42. The standard InChI is InChI=1S/C35H45N5O5.C23H28N2O5.C12H21N3O/c1-7-43-32(41)28-21-27(29-30(37-28)40(26-11-9-8-10-12-26)38-31(29)44-23(2)3)24-13-15-25(16-14-24)35(22-36)17-19-39(20-18-35)33(42)45-34(4,5)6;1-5-29-20(27)19(26)11-8-17-6-9-18(10-7-17)23(16-24)12-14-25(15-13-23)21(28)30-22(2,3)4;1-9(2)16-12-8-11(13)15(14-12)10-6-4-3-5-7-10/h13-16,21,23,26H,7-12,17-20H2,1-6H3;6-11H,5,12-15H2,1-4H3;8-10H,3-7,13H2,1-2H3/b;11-8+;. The van der Waals surface area contributed by atoms with Crippen molar-refractivity contribution in [3.05, 3.63) is 89.1 Å². The lowest BCUT2D eigenvalue weighted by atomic mass is 9.74. The number of ether oxygens (including phenoxy) is 6. The fourth-order valence-electron chi connectivity index (χ4n) is 11.9. The number of ketones is 1. The number of carbonyl (C=O) groups excluding carboxylic acids is 5. The molecule has 2 saturated carbocycles. The Kier molecular flexibility index (Phi) is 23.9. The highest BCUT2D eigenvalue weighted by Gasteiger charge is 2.41. The summed E-state index contributed by atoms with van der Waals surface area (Å²) in [6.45, 7) is 24.5. The van der Waals surface area contributed by atoms with Gasteiger partial charge in [-0.3, -0.25) is 4.79 Å². The number of aromatic nitrogens is 5. The summed E-state index contributed by atoms with van der Waals surface area (Å²) >= 11 is 0. The summed E-state index contributed by atoms with van der Waals surface area (Å²) in [6, 6.07) is 24.4. The number of likely N-dealkylation sites (tertiary alicyclic amines) is 2. The third-order valence-electron chi connectivity index (χ3n) is 16.5. The summed E-state index contributed by atoms with van der Waals surface area (Å²) < 4.78 is 36.7. The molecular formula is C70H94N10O11. The number of pyridine rings is 1. The van der Waals surface area contributed by atoms with Crippen LogP contribution in [0.1, 0.15) is 212 Å². The topological polar surface area (TPSA) is 269 Å². The quantitative estimate of drug-likeness (QED) is 0.0441. The molecule has 2 aliphatic carbocycles. The van der Waals surface area contributed by atoms with E-state index in [1.165, 1.54) is 50.7 Å². The van der Waals surface area contributed by atoms with E-state index in [0.29, 0.717) is 75.3 Å². The highest BCUT2D eigenvalue weighted by atomic mass is 16.6. The fraction of sp³-hybridized carbons (Fsp3) is 0.571. The number of carbonyl (C=O) groups is 5. The average molecular weight is 1250 g/mol. The Bertz CT molecular complexity index is 3400. The van der Waals surface area contributed by atoms with Gasteiger partial charge in [-0.2, -0.15) is 10.5 Å². The maximum Gasteiger partial charge on any atom is 0.410 e. The minimum Gasteiger partial charge on any atom is -0.474 e. The number of nitriles is 2. The Hall–Kier alpha value is -8.46. The SMILES string of the molecule is CC(C)Oc1cc(N)n(C2CCCCC2)n1.CCOC(=O)C(=O)/C=C/c1ccc(C2(C#N)CCN(C(=O)OC(C)(C)C)CC2)cc1.CCOC(=O)c1cc(-c2ccc(C3(C#N)CCN(C(=O)OC(C)(C)C)CC3)cc2)c2c(OC(C)C)nn(C3CCCCC3)c2n1. The van der Waals surface area contributed by atoms with E-state index in [4.69, 9.17) is 39.5 Å². The zero-order valence-electron chi connectivity index (χ0n) is 55.5. The Labute approximate surface area is 536 Å². The van der Waals surface area contributed by atoms with Gasteiger partial charge in [0, 0.05) is 37.8 Å². The lowest BCUT2D eigenvalue weighted by Gasteiger charge is -2.38. The van der Waals surface area contributed by atoms with E-state index >= 15 is 0 Å². The van der Waals surface area contributed by atoms with Crippen LogP contribution in [-0.4, -0.2) is 127 Å². The number of hydrogen-bond acceptors (Lipinski definition) is 17. The molecule has 2 aromatic carbocycles. The van der Waals surface area contributed by atoms with Crippen LogP contribution in [0.5, 0.6) is 11.8 Å². The van der Waals surface area contributed by atoms with E-state index in [9.17, 15) is 34.5 Å². The predicted octanol–water partition coefficient (Wildman–Crippen LogP) is 13.7. The summed E-state index contributed by atoms with van der Waals surface area (Å²) in [6.07, 6.45) is 15.8. The predicted molar refractivity (Wildman–Crippen MR) is 347 cm³/mol. The van der Waals surface area contributed by atoms with Crippen molar-refractivity contribution in [1.29, 1.82) is 10.5 Å². The molecule has 4 fully saturated rings. The van der Waals surface area contributed by atoms with Crippen molar-refractivity contribution in [1.82, 2.24) is 34.3 Å². The van der Waals surface area contributed by atoms with Crippen molar-refractivity contribution in [2.75, 3.05) is 45.1 Å². The van der Waals surface area contributed by atoms with Gasteiger partial charge >= 0.3 is 24.1 Å². The van der Waals surface area contributed by atoms with Crippen molar-refractivity contribution in [3.8, 4) is 35.0 Å². The second-order valence-corrected chi connectivity index (χ2v) is 26.4. The molecule has 9 rings (SSSR count). The van der Waals surface area contributed by atoms with E-state index in [1.54, 1.807) is 41.8 Å². The number of nitrogens with two attached hydrogens (primary N) is 1. The molecular weight excluding hydrogens is 1160 g/mol. The molecule has 21 nitrogen and oxygen atoms in total. The smallest absolute Gasteiger partial charge is 0.410 e. The van der Waals surface area contributed by atoms with Crippen molar-refractivity contribution < 1.29 is 52.4 Å². The van der Waals surface area contributed by atoms with E-state index in [0.717, 1.165) is 64.7 Å². The number of anilines is 1. The van der Waals surface area contributed by atoms with Crippen LogP contribution in [-0.2, 0) is 39.4 Å². The summed E-state index contributed by atoms with van der Waals surface area (Å²) in [5.74, 6) is -0.217. The van der Waals surface area contributed by atoms with Gasteiger partial charge in [-0.1, -0.05) is 93.1 Å². The minimum atomic E-state index is -0.884. The molecule has 2 aliphatic heterocycles. The molecule has 21 heteroatoms.